The molecule has 0 aromatic heterocycles. The second-order valence-corrected chi connectivity index (χ2v) is 7.89. The molecule has 166 valence electrons. The smallest absolute Gasteiger partial charge is 0.253 e. The van der Waals surface area contributed by atoms with Crippen molar-refractivity contribution >= 4 is 17.3 Å². The molecule has 1 aliphatic rings. The van der Waals surface area contributed by atoms with Gasteiger partial charge in [-0.3, -0.25) is 4.79 Å². The Hall–Kier alpha value is -2.95. The molecule has 1 atom stereocenters. The van der Waals surface area contributed by atoms with Crippen LogP contribution < -0.4 is 19.7 Å². The van der Waals surface area contributed by atoms with Crippen molar-refractivity contribution in [2.24, 2.45) is 5.92 Å². The summed E-state index contributed by atoms with van der Waals surface area (Å²) in [6.45, 7) is 2.60. The highest BCUT2D eigenvalue weighted by atomic mass is 16.5. The molecular formula is C26H34N2O3. The third-order valence-corrected chi connectivity index (χ3v) is 5.86. The number of carbonyl (C=O) groups is 1. The van der Waals surface area contributed by atoms with Gasteiger partial charge in [-0.1, -0.05) is 49.6 Å². The molecular weight excluding hydrogens is 388 g/mol. The summed E-state index contributed by atoms with van der Waals surface area (Å²) in [5.74, 6) is 1.91. The van der Waals surface area contributed by atoms with E-state index in [9.17, 15) is 4.79 Å². The molecule has 0 radical (unpaired) electrons. The number of nitrogens with zero attached hydrogens (tertiary/aromatic N) is 1. The van der Waals surface area contributed by atoms with Crippen molar-refractivity contribution in [3.05, 3.63) is 60.7 Å². The molecule has 31 heavy (non-hydrogen) atoms. The van der Waals surface area contributed by atoms with Gasteiger partial charge < -0.3 is 19.7 Å². The van der Waals surface area contributed by atoms with Crippen LogP contribution in [0.5, 0.6) is 11.5 Å². The maximum Gasteiger partial charge on any atom is 0.253 e. The number of rotatable bonds is 9. The van der Waals surface area contributed by atoms with Crippen LogP contribution in [0.25, 0.3) is 0 Å². The van der Waals surface area contributed by atoms with Gasteiger partial charge in [0.25, 0.3) is 5.91 Å². The van der Waals surface area contributed by atoms with E-state index in [0.717, 1.165) is 11.4 Å². The van der Waals surface area contributed by atoms with Gasteiger partial charge in [-0.15, -0.1) is 0 Å². The summed E-state index contributed by atoms with van der Waals surface area (Å²) in [7, 11) is 3.25. The van der Waals surface area contributed by atoms with Crippen molar-refractivity contribution in [2.75, 3.05) is 31.0 Å². The molecule has 2 aromatic carbocycles. The van der Waals surface area contributed by atoms with Crippen LogP contribution in [-0.4, -0.2) is 32.7 Å². The standard InChI is InChI=1S/C26H34N2O3/c1-4-28(21-13-9-6-10-14-21)26(29)24(17-15-20-11-7-5-8-12-20)27-23-18-16-22(30-2)19-25(23)31-3/h6,9-10,13-20,24,27H,4-5,7-8,11-12H2,1-3H3/b17-15+/t24-/m0/s1. The van der Waals surface area contributed by atoms with E-state index in [1.165, 1.54) is 32.1 Å². The Kier molecular flexibility index (Phi) is 8.39. The van der Waals surface area contributed by atoms with E-state index in [4.69, 9.17) is 9.47 Å². The van der Waals surface area contributed by atoms with Gasteiger partial charge in [-0.05, 0) is 49.9 Å². The Morgan fingerprint density at radius 2 is 1.84 bits per heavy atom. The summed E-state index contributed by atoms with van der Waals surface area (Å²) < 4.78 is 10.9. The third-order valence-electron chi connectivity index (χ3n) is 5.86. The molecule has 1 aliphatic carbocycles. The fourth-order valence-corrected chi connectivity index (χ4v) is 4.11. The SMILES string of the molecule is CCN(C(=O)[C@H](/C=C/C1CCCCC1)Nc1ccc(OC)cc1OC)c1ccccc1. The van der Waals surface area contributed by atoms with Crippen molar-refractivity contribution in [3.63, 3.8) is 0 Å². The summed E-state index contributed by atoms with van der Waals surface area (Å²) in [4.78, 5) is 15.4. The van der Waals surface area contributed by atoms with E-state index in [1.54, 1.807) is 14.2 Å². The zero-order chi connectivity index (χ0) is 22.1. The first-order valence-electron chi connectivity index (χ1n) is 11.2. The van der Waals surface area contributed by atoms with Gasteiger partial charge in [0.15, 0.2) is 0 Å². The number of amides is 1. The van der Waals surface area contributed by atoms with Crippen LogP contribution >= 0.6 is 0 Å². The molecule has 0 heterocycles. The first-order chi connectivity index (χ1) is 15.2. The van der Waals surface area contributed by atoms with Gasteiger partial charge in [0.1, 0.15) is 17.5 Å². The monoisotopic (exact) mass is 422 g/mol. The molecule has 3 rings (SSSR count). The third kappa shape index (κ3) is 6.03. The van der Waals surface area contributed by atoms with Crippen LogP contribution in [0.1, 0.15) is 39.0 Å². The Balaban J connectivity index is 1.88. The van der Waals surface area contributed by atoms with E-state index in [-0.39, 0.29) is 5.91 Å². The lowest BCUT2D eigenvalue weighted by Crippen LogP contribution is -2.42. The average molecular weight is 423 g/mol. The first-order valence-corrected chi connectivity index (χ1v) is 11.2. The van der Waals surface area contributed by atoms with Gasteiger partial charge in [0.05, 0.1) is 19.9 Å². The van der Waals surface area contributed by atoms with Gasteiger partial charge in [-0.25, -0.2) is 0 Å². The van der Waals surface area contributed by atoms with Gasteiger partial charge in [-0.2, -0.15) is 0 Å². The summed E-state index contributed by atoms with van der Waals surface area (Å²) in [6.07, 6.45) is 10.5. The number of allylic oxidation sites excluding steroid dienone is 1. The molecule has 1 fully saturated rings. The minimum atomic E-state index is -0.496. The predicted octanol–water partition coefficient (Wildman–Crippen LogP) is 5.67. The van der Waals surface area contributed by atoms with E-state index >= 15 is 0 Å². The highest BCUT2D eigenvalue weighted by molar-refractivity contribution is 6.00. The van der Waals surface area contributed by atoms with Crippen molar-refractivity contribution in [1.82, 2.24) is 0 Å². The summed E-state index contributed by atoms with van der Waals surface area (Å²) in [5.41, 5.74) is 1.66. The van der Waals surface area contributed by atoms with E-state index in [2.05, 4.69) is 11.4 Å². The van der Waals surface area contributed by atoms with Crippen LogP contribution in [0.2, 0.25) is 0 Å². The topological polar surface area (TPSA) is 50.8 Å². The quantitative estimate of drug-likeness (QED) is 0.529. The van der Waals surface area contributed by atoms with Crippen molar-refractivity contribution in [3.8, 4) is 11.5 Å². The van der Waals surface area contributed by atoms with Gasteiger partial charge in [0, 0.05) is 18.3 Å². The molecule has 1 amide bonds. The number of para-hydroxylation sites is 1. The minimum absolute atomic E-state index is 0.0126. The van der Waals surface area contributed by atoms with Crippen molar-refractivity contribution in [1.29, 1.82) is 0 Å². The van der Waals surface area contributed by atoms with E-state index < -0.39 is 6.04 Å². The predicted molar refractivity (Wildman–Crippen MR) is 127 cm³/mol. The first kappa shape index (κ1) is 22.7. The second kappa shape index (κ2) is 11.4. The van der Waals surface area contributed by atoms with Crippen molar-refractivity contribution < 1.29 is 14.3 Å². The van der Waals surface area contributed by atoms with Crippen LogP contribution in [0.4, 0.5) is 11.4 Å². The molecule has 0 spiro atoms. The Labute approximate surface area is 186 Å². The average Bonchev–Trinajstić information content (AvgIpc) is 2.83. The molecule has 0 bridgehead atoms. The zero-order valence-electron chi connectivity index (χ0n) is 18.8. The molecule has 0 aliphatic heterocycles. The minimum Gasteiger partial charge on any atom is -0.497 e. The largest absolute Gasteiger partial charge is 0.497 e. The lowest BCUT2D eigenvalue weighted by atomic mass is 9.88. The highest BCUT2D eigenvalue weighted by Crippen LogP contribution is 2.31. The number of hydrogen-bond donors (Lipinski definition) is 1. The summed E-state index contributed by atoms with van der Waals surface area (Å²) >= 11 is 0. The molecule has 5 nitrogen and oxygen atoms in total. The molecule has 0 saturated heterocycles. The normalized spacial score (nSPS) is 15.5. The highest BCUT2D eigenvalue weighted by Gasteiger charge is 2.24. The van der Waals surface area contributed by atoms with Gasteiger partial charge >= 0.3 is 0 Å². The van der Waals surface area contributed by atoms with Crippen LogP contribution in [0, 0.1) is 5.92 Å². The number of benzene rings is 2. The van der Waals surface area contributed by atoms with Crippen LogP contribution in [0.15, 0.2) is 60.7 Å². The fourth-order valence-electron chi connectivity index (χ4n) is 4.11. The Morgan fingerprint density at radius 3 is 2.48 bits per heavy atom. The van der Waals surface area contributed by atoms with Crippen LogP contribution in [0.3, 0.4) is 0 Å². The fraction of sp³-hybridized carbons (Fsp3) is 0.423. The number of ether oxygens (including phenoxy) is 2. The number of likely N-dealkylation sites (N-methyl/N-ethyl adjacent to an activating group) is 1. The molecule has 1 saturated carbocycles. The lowest BCUT2D eigenvalue weighted by Gasteiger charge is -2.27. The molecule has 2 aromatic rings. The lowest BCUT2D eigenvalue weighted by molar-refractivity contribution is -0.118. The van der Waals surface area contributed by atoms with Crippen molar-refractivity contribution in [2.45, 2.75) is 45.1 Å². The molecule has 5 heteroatoms. The summed E-state index contributed by atoms with van der Waals surface area (Å²) in [6, 6.07) is 14.9. The Bertz CT molecular complexity index is 860. The molecule has 1 N–H and O–H groups in total. The van der Waals surface area contributed by atoms with E-state index in [1.807, 2.05) is 66.4 Å². The number of anilines is 2. The van der Waals surface area contributed by atoms with Gasteiger partial charge in [0.2, 0.25) is 0 Å². The number of hydrogen-bond acceptors (Lipinski definition) is 4. The second-order valence-electron chi connectivity index (χ2n) is 7.89. The number of methoxy groups -OCH3 is 2. The Morgan fingerprint density at radius 1 is 1.10 bits per heavy atom. The van der Waals surface area contributed by atoms with Crippen LogP contribution in [-0.2, 0) is 4.79 Å². The maximum absolute atomic E-state index is 13.6. The molecule has 0 unspecified atom stereocenters. The zero-order valence-corrected chi connectivity index (χ0v) is 18.8. The summed E-state index contributed by atoms with van der Waals surface area (Å²) in [5, 5.41) is 3.42. The number of nitrogens with one attached hydrogen (secondary N) is 1. The maximum atomic E-state index is 13.6. The van der Waals surface area contributed by atoms with E-state index in [0.29, 0.717) is 24.0 Å². The number of carbonyl (C=O) groups excluding carboxylic acids is 1.